The lowest BCUT2D eigenvalue weighted by atomic mass is 10.1. The van der Waals surface area contributed by atoms with Crippen LogP contribution in [0.3, 0.4) is 0 Å². The highest BCUT2D eigenvalue weighted by atomic mass is 16.1. The molecule has 0 radical (unpaired) electrons. The Morgan fingerprint density at radius 1 is 1.35 bits per heavy atom. The maximum atomic E-state index is 10.9. The highest BCUT2D eigenvalue weighted by Crippen LogP contribution is 2.17. The molecule has 0 spiro atoms. The summed E-state index contributed by atoms with van der Waals surface area (Å²) in [5, 5.41) is 0. The van der Waals surface area contributed by atoms with E-state index in [-0.39, 0.29) is 11.9 Å². The van der Waals surface area contributed by atoms with E-state index in [4.69, 9.17) is 11.5 Å². The molecular weight excluding hydrogens is 214 g/mol. The van der Waals surface area contributed by atoms with E-state index in [1.165, 1.54) is 5.56 Å². The van der Waals surface area contributed by atoms with Crippen LogP contribution < -0.4 is 11.5 Å². The molecule has 2 rings (SSSR count). The van der Waals surface area contributed by atoms with Crippen LogP contribution >= 0.6 is 0 Å². The Hall–Kier alpha value is -1.39. The second-order valence-corrected chi connectivity index (χ2v) is 4.90. The normalized spacial score (nSPS) is 25.1. The minimum Gasteiger partial charge on any atom is -0.366 e. The van der Waals surface area contributed by atoms with E-state index in [1.54, 1.807) is 12.1 Å². The first kappa shape index (κ1) is 12.1. The van der Waals surface area contributed by atoms with Crippen molar-refractivity contribution in [3.8, 4) is 0 Å². The van der Waals surface area contributed by atoms with Gasteiger partial charge < -0.3 is 11.5 Å². The van der Waals surface area contributed by atoms with E-state index in [0.717, 1.165) is 19.6 Å². The summed E-state index contributed by atoms with van der Waals surface area (Å²) in [6, 6.07) is 7.73. The number of carbonyl (C=O) groups is 1. The molecule has 0 bridgehead atoms. The monoisotopic (exact) mass is 233 g/mol. The highest BCUT2D eigenvalue weighted by Gasteiger charge is 2.26. The van der Waals surface area contributed by atoms with Crippen molar-refractivity contribution in [2.45, 2.75) is 19.5 Å². The van der Waals surface area contributed by atoms with E-state index in [9.17, 15) is 4.79 Å². The first-order valence-electron chi connectivity index (χ1n) is 5.93. The summed E-state index contributed by atoms with van der Waals surface area (Å²) in [7, 11) is 0. The largest absolute Gasteiger partial charge is 0.366 e. The Labute approximate surface area is 102 Å². The molecule has 1 amide bonds. The van der Waals surface area contributed by atoms with E-state index >= 15 is 0 Å². The smallest absolute Gasteiger partial charge is 0.248 e. The summed E-state index contributed by atoms with van der Waals surface area (Å²) in [6.07, 6.45) is 0. The minimum absolute atomic E-state index is 0.278. The number of primary amides is 1. The quantitative estimate of drug-likeness (QED) is 0.801. The van der Waals surface area contributed by atoms with Gasteiger partial charge in [0.05, 0.1) is 0 Å². The third-order valence-electron chi connectivity index (χ3n) is 3.39. The molecule has 1 fully saturated rings. The van der Waals surface area contributed by atoms with Gasteiger partial charge in [0.2, 0.25) is 5.91 Å². The minimum atomic E-state index is -0.381. The number of likely N-dealkylation sites (tertiary alicyclic amines) is 1. The fraction of sp³-hybridized carbons (Fsp3) is 0.462. The molecule has 1 saturated heterocycles. The highest BCUT2D eigenvalue weighted by molar-refractivity contribution is 5.92. The van der Waals surface area contributed by atoms with Gasteiger partial charge in [-0.05, 0) is 23.6 Å². The second-order valence-electron chi connectivity index (χ2n) is 4.90. The number of hydrogen-bond acceptors (Lipinski definition) is 3. The topological polar surface area (TPSA) is 72.3 Å². The van der Waals surface area contributed by atoms with Gasteiger partial charge in [-0.25, -0.2) is 0 Å². The van der Waals surface area contributed by atoms with Crippen LogP contribution in [-0.4, -0.2) is 29.9 Å². The van der Waals surface area contributed by atoms with Crippen LogP contribution in [0, 0.1) is 5.92 Å². The standard InChI is InChI=1S/C13H19N3O/c1-9-6-16(8-12(9)14)7-10-2-4-11(5-3-10)13(15)17/h2-5,9,12H,6-8,14H2,1H3,(H2,15,17). The third-order valence-corrected chi connectivity index (χ3v) is 3.39. The summed E-state index contributed by atoms with van der Waals surface area (Å²) < 4.78 is 0. The van der Waals surface area contributed by atoms with Gasteiger partial charge in [-0.15, -0.1) is 0 Å². The molecule has 0 saturated carbocycles. The van der Waals surface area contributed by atoms with Crippen LogP contribution in [-0.2, 0) is 6.54 Å². The molecule has 1 aromatic rings. The summed E-state index contributed by atoms with van der Waals surface area (Å²) in [5.41, 5.74) is 12.9. The van der Waals surface area contributed by atoms with Gasteiger partial charge in [0.15, 0.2) is 0 Å². The van der Waals surface area contributed by atoms with Gasteiger partial charge in [0, 0.05) is 31.2 Å². The van der Waals surface area contributed by atoms with Crippen LogP contribution in [0.5, 0.6) is 0 Å². The van der Waals surface area contributed by atoms with E-state index in [0.29, 0.717) is 11.5 Å². The fourth-order valence-electron chi connectivity index (χ4n) is 2.26. The van der Waals surface area contributed by atoms with Gasteiger partial charge in [-0.1, -0.05) is 19.1 Å². The molecule has 4 heteroatoms. The number of nitrogens with two attached hydrogens (primary N) is 2. The van der Waals surface area contributed by atoms with E-state index < -0.39 is 0 Å². The average molecular weight is 233 g/mol. The zero-order valence-corrected chi connectivity index (χ0v) is 10.1. The van der Waals surface area contributed by atoms with Crippen molar-refractivity contribution in [3.05, 3.63) is 35.4 Å². The van der Waals surface area contributed by atoms with Gasteiger partial charge in [-0.3, -0.25) is 9.69 Å². The SMILES string of the molecule is CC1CN(Cc2ccc(C(N)=O)cc2)CC1N. The molecule has 4 nitrogen and oxygen atoms in total. The van der Waals surface area contributed by atoms with Crippen molar-refractivity contribution in [1.82, 2.24) is 4.90 Å². The van der Waals surface area contributed by atoms with Crippen molar-refractivity contribution in [3.63, 3.8) is 0 Å². The Kier molecular flexibility index (Phi) is 3.45. The Morgan fingerprint density at radius 2 is 2.00 bits per heavy atom. The number of benzene rings is 1. The molecule has 17 heavy (non-hydrogen) atoms. The van der Waals surface area contributed by atoms with Crippen LogP contribution in [0.2, 0.25) is 0 Å². The summed E-state index contributed by atoms with van der Waals surface area (Å²) in [4.78, 5) is 13.3. The zero-order valence-electron chi connectivity index (χ0n) is 10.1. The lowest BCUT2D eigenvalue weighted by molar-refractivity contribution is 0.100. The molecule has 0 aromatic heterocycles. The zero-order chi connectivity index (χ0) is 12.4. The molecule has 1 aliphatic rings. The van der Waals surface area contributed by atoms with Crippen LogP contribution in [0.15, 0.2) is 24.3 Å². The van der Waals surface area contributed by atoms with E-state index in [1.807, 2.05) is 12.1 Å². The molecule has 4 N–H and O–H groups in total. The third kappa shape index (κ3) is 2.84. The van der Waals surface area contributed by atoms with Crippen molar-refractivity contribution in [2.75, 3.05) is 13.1 Å². The van der Waals surface area contributed by atoms with Crippen LogP contribution in [0.25, 0.3) is 0 Å². The molecule has 1 heterocycles. The fourth-order valence-corrected chi connectivity index (χ4v) is 2.26. The maximum Gasteiger partial charge on any atom is 0.248 e. The molecule has 1 aliphatic heterocycles. The number of rotatable bonds is 3. The van der Waals surface area contributed by atoms with Gasteiger partial charge in [0.1, 0.15) is 0 Å². The first-order chi connectivity index (χ1) is 8.06. The maximum absolute atomic E-state index is 10.9. The molecule has 92 valence electrons. The second kappa shape index (κ2) is 4.85. The predicted octanol–water partition coefficient (Wildman–Crippen LogP) is 0.565. The summed E-state index contributed by atoms with van der Waals surface area (Å²) >= 11 is 0. The van der Waals surface area contributed by atoms with Gasteiger partial charge in [0.25, 0.3) is 0 Å². The Bertz CT molecular complexity index is 392. The summed E-state index contributed by atoms with van der Waals surface area (Å²) in [6.45, 7) is 5.05. The van der Waals surface area contributed by atoms with E-state index in [2.05, 4.69) is 11.8 Å². The number of hydrogen-bond donors (Lipinski definition) is 2. The first-order valence-corrected chi connectivity index (χ1v) is 5.93. The summed E-state index contributed by atoms with van der Waals surface area (Å²) in [5.74, 6) is 0.174. The Balaban J connectivity index is 1.98. The van der Waals surface area contributed by atoms with Gasteiger partial charge in [-0.2, -0.15) is 0 Å². The molecule has 2 atom stereocenters. The lowest BCUT2D eigenvalue weighted by Gasteiger charge is -2.15. The molecule has 2 unspecified atom stereocenters. The van der Waals surface area contributed by atoms with Gasteiger partial charge >= 0.3 is 0 Å². The predicted molar refractivity (Wildman–Crippen MR) is 67.4 cm³/mol. The van der Waals surface area contributed by atoms with Crippen molar-refractivity contribution < 1.29 is 4.79 Å². The molecule has 0 aliphatic carbocycles. The van der Waals surface area contributed by atoms with Crippen molar-refractivity contribution >= 4 is 5.91 Å². The average Bonchev–Trinajstić information content (AvgIpc) is 2.58. The molecule has 1 aromatic carbocycles. The number of nitrogens with zero attached hydrogens (tertiary/aromatic N) is 1. The van der Waals surface area contributed by atoms with Crippen LogP contribution in [0.1, 0.15) is 22.8 Å². The number of carbonyl (C=O) groups excluding carboxylic acids is 1. The molecular formula is C13H19N3O. The van der Waals surface area contributed by atoms with Crippen molar-refractivity contribution in [2.24, 2.45) is 17.4 Å². The van der Waals surface area contributed by atoms with Crippen LogP contribution in [0.4, 0.5) is 0 Å². The lowest BCUT2D eigenvalue weighted by Crippen LogP contribution is -2.28. The number of amides is 1. The van der Waals surface area contributed by atoms with Crippen molar-refractivity contribution in [1.29, 1.82) is 0 Å². The Morgan fingerprint density at radius 3 is 2.47 bits per heavy atom.